The van der Waals surface area contributed by atoms with E-state index in [0.717, 1.165) is 49.5 Å². The Labute approximate surface area is 209 Å². The molecule has 1 atom stereocenters. The van der Waals surface area contributed by atoms with Crippen molar-refractivity contribution >= 4 is 5.57 Å². The predicted molar refractivity (Wildman–Crippen MR) is 138 cm³/mol. The molecule has 0 spiro atoms. The second-order valence-electron chi connectivity index (χ2n) is 10.4. The maximum absolute atomic E-state index is 5.84. The third kappa shape index (κ3) is 4.84. The van der Waals surface area contributed by atoms with Crippen molar-refractivity contribution in [1.82, 2.24) is 30.1 Å². The van der Waals surface area contributed by atoms with Crippen LogP contribution in [0.1, 0.15) is 56.1 Å². The van der Waals surface area contributed by atoms with Crippen molar-refractivity contribution in [3.8, 4) is 11.6 Å². The van der Waals surface area contributed by atoms with Crippen LogP contribution in [0, 0.1) is 12.8 Å². The molecule has 2 aromatic rings. The molecule has 5 heterocycles. The monoisotopic (exact) mass is 480 g/mol. The number of aryl methyl sites for hydroxylation is 1. The lowest BCUT2D eigenvalue weighted by molar-refractivity contribution is 0.0903. The molecule has 1 fully saturated rings. The first kappa shape index (κ1) is 24.3. The minimum absolute atomic E-state index is 0.458. The van der Waals surface area contributed by atoms with Gasteiger partial charge in [0, 0.05) is 47.9 Å². The van der Waals surface area contributed by atoms with Crippen LogP contribution >= 0.6 is 0 Å². The Hall–Kier alpha value is -2.42. The van der Waals surface area contributed by atoms with Crippen molar-refractivity contribution in [3.05, 3.63) is 41.0 Å². The van der Waals surface area contributed by atoms with Crippen molar-refractivity contribution in [2.75, 3.05) is 40.0 Å². The smallest absolute Gasteiger partial charge is 0.216 e. The van der Waals surface area contributed by atoms with E-state index < -0.39 is 0 Å². The number of rotatable bonds is 6. The highest BCUT2D eigenvalue weighted by Gasteiger charge is 2.31. The number of hydrazine groups is 1. The molecule has 0 radical (unpaired) electrons. The van der Waals surface area contributed by atoms with Crippen LogP contribution < -0.4 is 10.2 Å². The van der Waals surface area contributed by atoms with E-state index in [2.05, 4.69) is 58.0 Å². The maximum Gasteiger partial charge on any atom is 0.216 e. The highest BCUT2D eigenvalue weighted by molar-refractivity contribution is 5.69. The largest absolute Gasteiger partial charge is 0.481 e. The van der Waals surface area contributed by atoms with E-state index in [-0.39, 0.29) is 0 Å². The van der Waals surface area contributed by atoms with Gasteiger partial charge in [-0.05, 0) is 72.0 Å². The Balaban J connectivity index is 1.41. The molecule has 0 aromatic carbocycles. The van der Waals surface area contributed by atoms with E-state index in [1.165, 1.54) is 42.8 Å². The fraction of sp³-hybridized carbons (Fsp3) is 0.630. The summed E-state index contributed by atoms with van der Waals surface area (Å²) in [5, 5.41) is 7.49. The molecule has 1 N–H and O–H groups in total. The van der Waals surface area contributed by atoms with Gasteiger partial charge in [0.25, 0.3) is 0 Å². The summed E-state index contributed by atoms with van der Waals surface area (Å²) in [6, 6.07) is 3.20. The number of hydrogen-bond acceptors (Lipinski definition) is 7. The van der Waals surface area contributed by atoms with E-state index in [1.807, 2.05) is 13.1 Å². The Morgan fingerprint density at radius 2 is 1.91 bits per heavy atom. The standard InChI is InChI=1S/C27H40N6O2/c1-18(2)31-10-6-21(7-11-31)20(4)32-17-22(15-29-32)26-24-8-12-35-13-9-25(24)33(30-26)23-14-19(3)27(34-5)28-16-23/h14,16-18,20-21,29H,6-13,15H2,1-5H3. The lowest BCUT2D eigenvalue weighted by Gasteiger charge is -2.39. The molecule has 1 saturated heterocycles. The summed E-state index contributed by atoms with van der Waals surface area (Å²) in [7, 11) is 1.66. The first-order chi connectivity index (χ1) is 17.0. The summed E-state index contributed by atoms with van der Waals surface area (Å²) in [4.78, 5) is 7.10. The van der Waals surface area contributed by atoms with E-state index >= 15 is 0 Å². The number of aromatic nitrogens is 3. The van der Waals surface area contributed by atoms with Crippen LogP contribution in [-0.2, 0) is 17.6 Å². The second kappa shape index (κ2) is 10.3. The van der Waals surface area contributed by atoms with E-state index in [4.69, 9.17) is 14.6 Å². The average molecular weight is 481 g/mol. The zero-order chi connectivity index (χ0) is 24.5. The summed E-state index contributed by atoms with van der Waals surface area (Å²) < 4.78 is 13.3. The second-order valence-corrected chi connectivity index (χ2v) is 10.4. The van der Waals surface area contributed by atoms with Gasteiger partial charge in [0.1, 0.15) is 0 Å². The van der Waals surface area contributed by atoms with Crippen LogP contribution in [0.15, 0.2) is 18.5 Å². The fourth-order valence-corrected chi connectivity index (χ4v) is 5.79. The number of methoxy groups -OCH3 is 1. The number of ether oxygens (including phenoxy) is 2. The van der Waals surface area contributed by atoms with Crippen molar-refractivity contribution in [3.63, 3.8) is 0 Å². The van der Waals surface area contributed by atoms with Crippen LogP contribution in [0.2, 0.25) is 0 Å². The first-order valence-corrected chi connectivity index (χ1v) is 13.1. The number of hydrogen-bond donors (Lipinski definition) is 1. The van der Waals surface area contributed by atoms with Crippen molar-refractivity contribution < 1.29 is 9.47 Å². The maximum atomic E-state index is 5.84. The zero-order valence-corrected chi connectivity index (χ0v) is 21.9. The Bertz CT molecular complexity index is 1070. The Morgan fingerprint density at radius 1 is 1.14 bits per heavy atom. The van der Waals surface area contributed by atoms with Crippen LogP contribution in [0.25, 0.3) is 11.3 Å². The van der Waals surface area contributed by atoms with Gasteiger partial charge in [-0.1, -0.05) is 0 Å². The van der Waals surface area contributed by atoms with Gasteiger partial charge in [-0.2, -0.15) is 5.10 Å². The summed E-state index contributed by atoms with van der Waals surface area (Å²) in [5.74, 6) is 1.35. The highest BCUT2D eigenvalue weighted by Crippen LogP contribution is 2.32. The number of nitrogens with zero attached hydrogens (tertiary/aromatic N) is 5. The topological polar surface area (TPSA) is 67.7 Å². The Morgan fingerprint density at radius 3 is 2.63 bits per heavy atom. The lowest BCUT2D eigenvalue weighted by atomic mass is 9.89. The molecule has 0 saturated carbocycles. The van der Waals surface area contributed by atoms with Gasteiger partial charge in [0.2, 0.25) is 5.88 Å². The third-order valence-corrected chi connectivity index (χ3v) is 8.00. The highest BCUT2D eigenvalue weighted by atomic mass is 16.5. The molecule has 8 heteroatoms. The van der Waals surface area contributed by atoms with Gasteiger partial charge < -0.3 is 19.4 Å². The molecule has 35 heavy (non-hydrogen) atoms. The van der Waals surface area contributed by atoms with Gasteiger partial charge in [-0.15, -0.1) is 0 Å². The fourth-order valence-electron chi connectivity index (χ4n) is 5.79. The van der Waals surface area contributed by atoms with Crippen LogP contribution in [-0.4, -0.2) is 76.7 Å². The molecule has 190 valence electrons. The SMILES string of the molecule is COc1ncc(-n2nc(C3=CN(C(C)C4CCN(C(C)C)CC4)NC3)c3c2CCOCC3)cc1C. The van der Waals surface area contributed by atoms with E-state index in [0.29, 0.717) is 23.9 Å². The quantitative estimate of drug-likeness (QED) is 0.680. The molecule has 3 aliphatic rings. The molecular formula is C27H40N6O2. The number of piperidine rings is 1. The first-order valence-electron chi connectivity index (χ1n) is 13.1. The normalized spacial score (nSPS) is 20.6. The molecular weight excluding hydrogens is 440 g/mol. The number of pyridine rings is 1. The molecule has 2 aromatic heterocycles. The van der Waals surface area contributed by atoms with E-state index in [1.54, 1.807) is 7.11 Å². The van der Waals surface area contributed by atoms with Crippen LogP contribution in [0.5, 0.6) is 5.88 Å². The van der Waals surface area contributed by atoms with Gasteiger partial charge in [-0.3, -0.25) is 0 Å². The molecule has 0 bridgehead atoms. The van der Waals surface area contributed by atoms with Crippen molar-refractivity contribution in [1.29, 1.82) is 0 Å². The summed E-state index contributed by atoms with van der Waals surface area (Å²) in [5.41, 5.74) is 10.5. The van der Waals surface area contributed by atoms with Crippen molar-refractivity contribution in [2.45, 2.75) is 65.5 Å². The van der Waals surface area contributed by atoms with Gasteiger partial charge in [0.15, 0.2) is 0 Å². The van der Waals surface area contributed by atoms with Crippen molar-refractivity contribution in [2.24, 2.45) is 5.92 Å². The van der Waals surface area contributed by atoms with Gasteiger partial charge >= 0.3 is 0 Å². The molecule has 1 unspecified atom stereocenters. The zero-order valence-electron chi connectivity index (χ0n) is 21.9. The molecule has 0 aliphatic carbocycles. The Kier molecular flexibility index (Phi) is 7.14. The summed E-state index contributed by atoms with van der Waals surface area (Å²) in [6.07, 6.45) is 8.40. The molecule has 8 nitrogen and oxygen atoms in total. The van der Waals surface area contributed by atoms with Crippen LogP contribution in [0.3, 0.4) is 0 Å². The third-order valence-electron chi connectivity index (χ3n) is 8.00. The summed E-state index contributed by atoms with van der Waals surface area (Å²) >= 11 is 0. The number of likely N-dealkylation sites (tertiary alicyclic amines) is 1. The molecule has 0 amide bonds. The van der Waals surface area contributed by atoms with Crippen LogP contribution in [0.4, 0.5) is 0 Å². The molecule has 3 aliphatic heterocycles. The van der Waals surface area contributed by atoms with Gasteiger partial charge in [-0.25, -0.2) is 15.1 Å². The molecule has 5 rings (SSSR count). The number of nitrogens with one attached hydrogen (secondary N) is 1. The minimum atomic E-state index is 0.458. The predicted octanol–water partition coefficient (Wildman–Crippen LogP) is 3.37. The van der Waals surface area contributed by atoms with Gasteiger partial charge in [0.05, 0.1) is 43.6 Å². The average Bonchev–Trinajstić information content (AvgIpc) is 3.41. The minimum Gasteiger partial charge on any atom is -0.481 e. The summed E-state index contributed by atoms with van der Waals surface area (Å²) in [6.45, 7) is 13.6. The number of fused-ring (bicyclic) bond motifs is 1. The van der Waals surface area contributed by atoms with E-state index in [9.17, 15) is 0 Å². The lowest BCUT2D eigenvalue weighted by Crippen LogP contribution is -2.46.